The Morgan fingerprint density at radius 2 is 1.37 bits per heavy atom. The fourth-order valence-corrected chi connectivity index (χ4v) is 2.81. The van der Waals surface area contributed by atoms with E-state index < -0.39 is 0 Å². The highest BCUT2D eigenvalue weighted by molar-refractivity contribution is 8.93. The Hall–Kier alpha value is 0.730. The van der Waals surface area contributed by atoms with Crippen LogP contribution in [0.2, 0.25) is 0 Å². The van der Waals surface area contributed by atoms with E-state index in [1.165, 1.54) is 57.8 Å². The number of rotatable bonds is 12. The first-order chi connectivity index (χ1) is 8.52. The van der Waals surface area contributed by atoms with Crippen molar-refractivity contribution in [3.63, 3.8) is 0 Å². The lowest BCUT2D eigenvalue weighted by atomic mass is 9.82. The molecule has 1 nitrogen and oxygen atoms in total. The van der Waals surface area contributed by atoms with Gasteiger partial charge in [0.1, 0.15) is 0 Å². The summed E-state index contributed by atoms with van der Waals surface area (Å²) in [6.45, 7) is 6.54. The van der Waals surface area contributed by atoms with Crippen molar-refractivity contribution in [2.24, 2.45) is 11.7 Å². The van der Waals surface area contributed by atoms with E-state index in [1.807, 2.05) is 0 Å². The van der Waals surface area contributed by atoms with E-state index in [-0.39, 0.29) is 22.5 Å². The Morgan fingerprint density at radius 1 is 0.895 bits per heavy atom. The van der Waals surface area contributed by atoms with E-state index in [0.717, 1.165) is 12.3 Å². The number of nitrogens with two attached hydrogens (primary N) is 1. The summed E-state index contributed by atoms with van der Waals surface area (Å²) >= 11 is 5.86. The minimum Gasteiger partial charge on any atom is -0.325 e. The molecule has 0 amide bonds. The molecule has 1 atom stereocenters. The third-order valence-corrected chi connectivity index (χ3v) is 4.13. The van der Waals surface area contributed by atoms with E-state index >= 15 is 0 Å². The topological polar surface area (TPSA) is 26.0 Å². The smallest absolute Gasteiger partial charge is 0.0226 e. The zero-order chi connectivity index (χ0) is 13.9. The average molecular weight is 357 g/mol. The lowest BCUT2D eigenvalue weighted by Gasteiger charge is -2.30. The SMILES string of the molecule is Br.CCCCCCCCCCC(CCCl)C(C)(C)N. The van der Waals surface area contributed by atoms with Gasteiger partial charge in [-0.15, -0.1) is 28.6 Å². The molecule has 0 spiro atoms. The summed E-state index contributed by atoms with van der Waals surface area (Å²) in [4.78, 5) is 0. The van der Waals surface area contributed by atoms with Crippen LogP contribution in [0.15, 0.2) is 0 Å². The van der Waals surface area contributed by atoms with Gasteiger partial charge in [0.15, 0.2) is 0 Å². The standard InChI is InChI=1S/C16H34ClN.BrH/c1-4-5-6-7-8-9-10-11-12-15(13-14-17)16(2,3)18;/h15H,4-14,18H2,1-3H3;1H. The van der Waals surface area contributed by atoms with Gasteiger partial charge in [-0.05, 0) is 32.6 Å². The molecular weight excluding hydrogens is 322 g/mol. The van der Waals surface area contributed by atoms with E-state index in [4.69, 9.17) is 17.3 Å². The monoisotopic (exact) mass is 355 g/mol. The van der Waals surface area contributed by atoms with Gasteiger partial charge in [0.25, 0.3) is 0 Å². The summed E-state index contributed by atoms with van der Waals surface area (Å²) in [6, 6.07) is 0. The third kappa shape index (κ3) is 13.5. The van der Waals surface area contributed by atoms with Crippen LogP contribution in [0.5, 0.6) is 0 Å². The van der Waals surface area contributed by atoms with Gasteiger partial charge in [-0.25, -0.2) is 0 Å². The zero-order valence-electron chi connectivity index (χ0n) is 13.2. The maximum absolute atomic E-state index is 6.20. The van der Waals surface area contributed by atoms with Crippen molar-refractivity contribution in [1.82, 2.24) is 0 Å². The number of halogens is 2. The van der Waals surface area contributed by atoms with Crippen LogP contribution in [0.25, 0.3) is 0 Å². The Bertz CT molecular complexity index is 180. The lowest BCUT2D eigenvalue weighted by molar-refractivity contribution is 0.285. The molecule has 1 unspecified atom stereocenters. The van der Waals surface area contributed by atoms with Crippen LogP contribution in [0, 0.1) is 5.92 Å². The van der Waals surface area contributed by atoms with Crippen molar-refractivity contribution in [3.8, 4) is 0 Å². The molecule has 19 heavy (non-hydrogen) atoms. The predicted octanol–water partition coefficient (Wildman–Crippen LogP) is 6.08. The molecule has 0 heterocycles. The van der Waals surface area contributed by atoms with Gasteiger partial charge in [0.2, 0.25) is 0 Å². The summed E-state index contributed by atoms with van der Waals surface area (Å²) in [5, 5.41) is 0. The molecule has 3 heteroatoms. The van der Waals surface area contributed by atoms with Crippen molar-refractivity contribution < 1.29 is 0 Å². The quantitative estimate of drug-likeness (QED) is 0.333. The highest BCUT2D eigenvalue weighted by Crippen LogP contribution is 2.25. The maximum Gasteiger partial charge on any atom is 0.0226 e. The van der Waals surface area contributed by atoms with E-state index in [2.05, 4.69) is 20.8 Å². The summed E-state index contributed by atoms with van der Waals surface area (Å²) < 4.78 is 0. The van der Waals surface area contributed by atoms with Crippen molar-refractivity contribution >= 4 is 28.6 Å². The molecule has 0 aliphatic rings. The number of alkyl halides is 1. The van der Waals surface area contributed by atoms with Crippen LogP contribution >= 0.6 is 28.6 Å². The average Bonchev–Trinajstić information content (AvgIpc) is 2.30. The van der Waals surface area contributed by atoms with Crippen LogP contribution in [-0.2, 0) is 0 Å². The third-order valence-electron chi connectivity index (χ3n) is 3.92. The van der Waals surface area contributed by atoms with Crippen LogP contribution in [0.4, 0.5) is 0 Å². The fourth-order valence-electron chi connectivity index (χ4n) is 2.54. The fraction of sp³-hybridized carbons (Fsp3) is 1.00. The predicted molar refractivity (Wildman–Crippen MR) is 94.6 cm³/mol. The Labute approximate surface area is 136 Å². The molecule has 0 aromatic rings. The second-order valence-electron chi connectivity index (χ2n) is 6.26. The molecule has 118 valence electrons. The first-order valence-corrected chi connectivity index (χ1v) is 8.40. The molecule has 0 aromatic carbocycles. The molecule has 0 saturated heterocycles. The summed E-state index contributed by atoms with van der Waals surface area (Å²) in [5.41, 5.74) is 6.13. The normalized spacial score (nSPS) is 13.1. The molecule has 0 bridgehead atoms. The minimum atomic E-state index is -0.0734. The maximum atomic E-state index is 6.20. The molecule has 0 saturated carbocycles. The second-order valence-corrected chi connectivity index (χ2v) is 6.64. The highest BCUT2D eigenvalue weighted by Gasteiger charge is 2.23. The summed E-state index contributed by atoms with van der Waals surface area (Å²) in [5.74, 6) is 1.32. The molecule has 0 aromatic heterocycles. The van der Waals surface area contributed by atoms with Gasteiger partial charge >= 0.3 is 0 Å². The van der Waals surface area contributed by atoms with Crippen molar-refractivity contribution in [3.05, 3.63) is 0 Å². The molecule has 0 aliphatic heterocycles. The van der Waals surface area contributed by atoms with E-state index in [0.29, 0.717) is 5.92 Å². The summed E-state index contributed by atoms with van der Waals surface area (Å²) in [7, 11) is 0. The van der Waals surface area contributed by atoms with Crippen LogP contribution in [0.3, 0.4) is 0 Å². The van der Waals surface area contributed by atoms with Crippen LogP contribution in [0.1, 0.15) is 85.0 Å². The molecule has 0 fully saturated rings. The molecule has 0 rings (SSSR count). The Balaban J connectivity index is 0. The summed E-state index contributed by atoms with van der Waals surface area (Å²) in [6.07, 6.45) is 13.4. The van der Waals surface area contributed by atoms with Gasteiger partial charge < -0.3 is 5.73 Å². The van der Waals surface area contributed by atoms with Gasteiger partial charge in [-0.1, -0.05) is 58.3 Å². The van der Waals surface area contributed by atoms with Gasteiger partial charge in [0, 0.05) is 11.4 Å². The number of unbranched alkanes of at least 4 members (excludes halogenated alkanes) is 7. The van der Waals surface area contributed by atoms with E-state index in [1.54, 1.807) is 0 Å². The van der Waals surface area contributed by atoms with Crippen LogP contribution in [-0.4, -0.2) is 11.4 Å². The van der Waals surface area contributed by atoms with Crippen molar-refractivity contribution in [1.29, 1.82) is 0 Å². The molecule has 0 aliphatic carbocycles. The highest BCUT2D eigenvalue weighted by atomic mass is 79.9. The molecule has 0 radical (unpaired) electrons. The molecular formula is C16H35BrClN. The number of hydrogen-bond donors (Lipinski definition) is 1. The van der Waals surface area contributed by atoms with Crippen molar-refractivity contribution in [2.75, 3.05) is 5.88 Å². The lowest BCUT2D eigenvalue weighted by Crippen LogP contribution is -2.41. The Kier molecular flexibility index (Phi) is 15.9. The minimum absolute atomic E-state index is 0. The molecule has 2 N–H and O–H groups in total. The van der Waals surface area contributed by atoms with E-state index in [9.17, 15) is 0 Å². The van der Waals surface area contributed by atoms with Crippen molar-refractivity contribution in [2.45, 2.75) is 90.5 Å². The van der Waals surface area contributed by atoms with Gasteiger partial charge in [-0.3, -0.25) is 0 Å². The zero-order valence-corrected chi connectivity index (χ0v) is 15.7. The van der Waals surface area contributed by atoms with Gasteiger partial charge in [0.05, 0.1) is 0 Å². The first kappa shape index (κ1) is 22.0. The van der Waals surface area contributed by atoms with Gasteiger partial charge in [-0.2, -0.15) is 0 Å². The largest absolute Gasteiger partial charge is 0.325 e. The number of hydrogen-bond acceptors (Lipinski definition) is 1. The second kappa shape index (κ2) is 13.7. The first-order valence-electron chi connectivity index (χ1n) is 7.87. The Morgan fingerprint density at radius 3 is 1.79 bits per heavy atom. The van der Waals surface area contributed by atoms with Crippen LogP contribution < -0.4 is 5.73 Å².